The van der Waals surface area contributed by atoms with Crippen LogP contribution in [-0.2, 0) is 20.9 Å². The first-order valence-corrected chi connectivity index (χ1v) is 9.25. The van der Waals surface area contributed by atoms with Crippen LogP contribution in [0.25, 0.3) is 0 Å². The van der Waals surface area contributed by atoms with Crippen molar-refractivity contribution < 1.29 is 29.0 Å². The van der Waals surface area contributed by atoms with Crippen LogP contribution < -0.4 is 19.7 Å². The highest BCUT2D eigenvalue weighted by Gasteiger charge is 2.26. The number of fused-ring (bicyclic) bond motifs is 1. The molecule has 3 rings (SSSR count). The predicted octanol–water partition coefficient (Wildman–Crippen LogP) is 1.97. The van der Waals surface area contributed by atoms with Gasteiger partial charge < -0.3 is 19.9 Å². The van der Waals surface area contributed by atoms with Gasteiger partial charge in [-0.3, -0.25) is 19.3 Å². The number of nitrogens with one attached hydrogen (secondary N) is 1. The van der Waals surface area contributed by atoms with Crippen LogP contribution in [0.4, 0.5) is 5.69 Å². The molecule has 1 heterocycles. The number of anilines is 1. The fraction of sp³-hybridized carbons (Fsp3) is 0.286. The van der Waals surface area contributed by atoms with E-state index in [4.69, 9.17) is 14.6 Å². The molecule has 2 N–H and O–H groups in total. The molecule has 0 saturated carbocycles. The van der Waals surface area contributed by atoms with Crippen molar-refractivity contribution in [2.75, 3.05) is 24.7 Å². The molecule has 1 aliphatic rings. The number of hydrogen-bond donors (Lipinski definition) is 2. The third-order valence-electron chi connectivity index (χ3n) is 4.33. The Bertz CT molecular complexity index is 881. The number of para-hydroxylation sites is 2. The van der Waals surface area contributed by atoms with Gasteiger partial charge in [-0.15, -0.1) is 0 Å². The second kappa shape index (κ2) is 9.59. The first-order valence-electron chi connectivity index (χ1n) is 9.25. The molecule has 0 atom stereocenters. The van der Waals surface area contributed by atoms with E-state index < -0.39 is 5.97 Å². The Morgan fingerprint density at radius 3 is 2.66 bits per heavy atom. The van der Waals surface area contributed by atoms with E-state index in [1.165, 1.54) is 4.90 Å². The van der Waals surface area contributed by atoms with Crippen molar-refractivity contribution in [1.82, 2.24) is 5.32 Å². The van der Waals surface area contributed by atoms with Crippen molar-refractivity contribution in [3.63, 3.8) is 0 Å². The average Bonchev–Trinajstić information content (AvgIpc) is 2.72. The summed E-state index contributed by atoms with van der Waals surface area (Å²) in [5, 5.41) is 11.4. The van der Waals surface area contributed by atoms with Crippen molar-refractivity contribution in [2.45, 2.75) is 19.4 Å². The molecule has 2 amide bonds. The van der Waals surface area contributed by atoms with Crippen LogP contribution in [0, 0.1) is 0 Å². The van der Waals surface area contributed by atoms with Crippen molar-refractivity contribution in [3.8, 4) is 11.5 Å². The Balaban J connectivity index is 1.47. The lowest BCUT2D eigenvalue weighted by Crippen LogP contribution is -2.45. The van der Waals surface area contributed by atoms with Gasteiger partial charge in [-0.05, 0) is 36.2 Å². The van der Waals surface area contributed by atoms with E-state index in [1.807, 2.05) is 18.2 Å². The largest absolute Gasteiger partial charge is 0.494 e. The highest BCUT2D eigenvalue weighted by Crippen LogP contribution is 2.31. The molecule has 8 heteroatoms. The number of hydrogen-bond acceptors (Lipinski definition) is 5. The fourth-order valence-corrected chi connectivity index (χ4v) is 2.84. The highest BCUT2D eigenvalue weighted by molar-refractivity contribution is 6.02. The molecule has 1 aliphatic heterocycles. The van der Waals surface area contributed by atoms with E-state index in [1.54, 1.807) is 30.3 Å². The molecule has 29 heavy (non-hydrogen) atoms. The minimum atomic E-state index is -0.845. The lowest BCUT2D eigenvalue weighted by Gasteiger charge is -2.28. The molecule has 0 spiro atoms. The molecule has 152 valence electrons. The van der Waals surface area contributed by atoms with Gasteiger partial charge in [0.2, 0.25) is 5.91 Å². The van der Waals surface area contributed by atoms with E-state index in [9.17, 15) is 14.4 Å². The maximum absolute atomic E-state index is 12.3. The van der Waals surface area contributed by atoms with Crippen molar-refractivity contribution in [1.29, 1.82) is 0 Å². The quantitative estimate of drug-likeness (QED) is 0.626. The lowest BCUT2D eigenvalue weighted by molar-refractivity contribution is -0.137. The smallest absolute Gasteiger partial charge is 0.303 e. The standard InChI is InChI=1S/C21H22N2O6/c24-19(13-23-17-4-1-2-5-18(17)29-14-20(23)25)22-12-15-7-9-16(10-8-15)28-11-3-6-21(26)27/h1-2,4-5,7-10H,3,6,11-14H2,(H,22,24)(H,26,27). The molecule has 0 fully saturated rings. The third-order valence-corrected chi connectivity index (χ3v) is 4.33. The van der Waals surface area contributed by atoms with Crippen molar-refractivity contribution in [3.05, 3.63) is 54.1 Å². The Labute approximate surface area is 168 Å². The summed E-state index contributed by atoms with van der Waals surface area (Å²) in [6.45, 7) is 0.484. The number of carboxylic acid groups (broad SMARTS) is 1. The fourth-order valence-electron chi connectivity index (χ4n) is 2.84. The molecule has 0 aliphatic carbocycles. The lowest BCUT2D eigenvalue weighted by atomic mass is 10.2. The van der Waals surface area contributed by atoms with Crippen LogP contribution >= 0.6 is 0 Å². The van der Waals surface area contributed by atoms with Gasteiger partial charge in [-0.25, -0.2) is 0 Å². The van der Waals surface area contributed by atoms with E-state index in [0.29, 0.717) is 36.8 Å². The van der Waals surface area contributed by atoms with Crippen LogP contribution in [0.15, 0.2) is 48.5 Å². The van der Waals surface area contributed by atoms with E-state index in [0.717, 1.165) is 5.56 Å². The summed E-state index contributed by atoms with van der Waals surface area (Å²) in [4.78, 5) is 36.3. The molecule has 0 unspecified atom stereocenters. The summed E-state index contributed by atoms with van der Waals surface area (Å²) in [6, 6.07) is 14.3. The number of carbonyl (C=O) groups excluding carboxylic acids is 2. The molecule has 2 aromatic rings. The summed E-state index contributed by atoms with van der Waals surface area (Å²) >= 11 is 0. The van der Waals surface area contributed by atoms with Gasteiger partial charge in [0, 0.05) is 13.0 Å². The Morgan fingerprint density at radius 2 is 1.90 bits per heavy atom. The number of carboxylic acids is 1. The first-order chi connectivity index (χ1) is 14.0. The van der Waals surface area contributed by atoms with E-state index in [2.05, 4.69) is 5.32 Å². The van der Waals surface area contributed by atoms with Crippen molar-refractivity contribution >= 4 is 23.5 Å². The third kappa shape index (κ3) is 5.71. The number of amides is 2. The maximum Gasteiger partial charge on any atom is 0.303 e. The van der Waals surface area contributed by atoms with Crippen LogP contribution in [-0.4, -0.2) is 42.6 Å². The Morgan fingerprint density at radius 1 is 1.14 bits per heavy atom. The SMILES string of the molecule is O=C(O)CCCOc1ccc(CNC(=O)CN2C(=O)COc3ccccc32)cc1. The molecule has 2 aromatic carbocycles. The molecular formula is C21H22N2O6. The monoisotopic (exact) mass is 398 g/mol. The van der Waals surface area contributed by atoms with Crippen LogP contribution in [0.5, 0.6) is 11.5 Å². The number of nitrogens with zero attached hydrogens (tertiary/aromatic N) is 1. The predicted molar refractivity (Wildman–Crippen MR) is 105 cm³/mol. The van der Waals surface area contributed by atoms with Gasteiger partial charge in [0.25, 0.3) is 5.91 Å². The molecule has 8 nitrogen and oxygen atoms in total. The number of carbonyl (C=O) groups is 3. The van der Waals surface area contributed by atoms with Crippen LogP contribution in [0.1, 0.15) is 18.4 Å². The number of rotatable bonds is 9. The van der Waals surface area contributed by atoms with Gasteiger partial charge in [-0.2, -0.15) is 0 Å². The number of ether oxygens (including phenoxy) is 2. The second-order valence-corrected chi connectivity index (χ2v) is 6.50. The maximum atomic E-state index is 12.3. The summed E-state index contributed by atoms with van der Waals surface area (Å²) < 4.78 is 10.8. The van der Waals surface area contributed by atoms with E-state index in [-0.39, 0.29) is 31.4 Å². The molecule has 0 bridgehead atoms. The van der Waals surface area contributed by atoms with Gasteiger partial charge in [0.1, 0.15) is 18.0 Å². The van der Waals surface area contributed by atoms with Crippen LogP contribution in [0.3, 0.4) is 0 Å². The molecular weight excluding hydrogens is 376 g/mol. The van der Waals surface area contributed by atoms with Gasteiger partial charge in [-0.1, -0.05) is 24.3 Å². The Kier molecular flexibility index (Phi) is 6.67. The van der Waals surface area contributed by atoms with Gasteiger partial charge in [0.05, 0.1) is 12.3 Å². The normalized spacial score (nSPS) is 12.7. The average molecular weight is 398 g/mol. The minimum Gasteiger partial charge on any atom is -0.494 e. The van der Waals surface area contributed by atoms with E-state index >= 15 is 0 Å². The zero-order chi connectivity index (χ0) is 20.6. The summed E-state index contributed by atoms with van der Waals surface area (Å²) in [5.74, 6) is -0.158. The molecule has 0 aromatic heterocycles. The zero-order valence-corrected chi connectivity index (χ0v) is 15.8. The van der Waals surface area contributed by atoms with Gasteiger partial charge >= 0.3 is 5.97 Å². The zero-order valence-electron chi connectivity index (χ0n) is 15.8. The summed E-state index contributed by atoms with van der Waals surface area (Å²) in [5.41, 5.74) is 1.47. The van der Waals surface area contributed by atoms with Crippen molar-refractivity contribution in [2.24, 2.45) is 0 Å². The molecule has 0 radical (unpaired) electrons. The highest BCUT2D eigenvalue weighted by atomic mass is 16.5. The Hall–Kier alpha value is -3.55. The number of aliphatic carboxylic acids is 1. The second-order valence-electron chi connectivity index (χ2n) is 6.50. The summed E-state index contributed by atoms with van der Waals surface area (Å²) in [6.07, 6.45) is 0.511. The van der Waals surface area contributed by atoms with Gasteiger partial charge in [0.15, 0.2) is 6.61 Å². The minimum absolute atomic E-state index is 0.0697. The number of benzene rings is 2. The topological polar surface area (TPSA) is 105 Å². The van der Waals surface area contributed by atoms with Crippen LogP contribution in [0.2, 0.25) is 0 Å². The molecule has 0 saturated heterocycles. The first kappa shape index (κ1) is 20.2. The summed E-state index contributed by atoms with van der Waals surface area (Å²) in [7, 11) is 0.